The van der Waals surface area contributed by atoms with Gasteiger partial charge in [0.05, 0.1) is 5.69 Å². The van der Waals surface area contributed by atoms with E-state index in [1.165, 1.54) is 18.4 Å². The molecule has 3 unspecified atom stereocenters. The molecule has 3 atom stereocenters. The Bertz CT molecular complexity index is 410. The highest BCUT2D eigenvalue weighted by atomic mass is 16.5. The van der Waals surface area contributed by atoms with Crippen LogP contribution in [-0.2, 0) is 6.54 Å². The number of hydrogen-bond acceptors (Lipinski definition) is 4. The second kappa shape index (κ2) is 6.72. The van der Waals surface area contributed by atoms with Gasteiger partial charge in [-0.2, -0.15) is 0 Å². The Morgan fingerprint density at radius 1 is 1.40 bits per heavy atom. The van der Waals surface area contributed by atoms with Crippen molar-refractivity contribution in [3.8, 4) is 0 Å². The molecule has 2 rings (SSSR count). The minimum absolute atomic E-state index is 0.600. The summed E-state index contributed by atoms with van der Waals surface area (Å²) in [6.45, 7) is 14.1. The van der Waals surface area contributed by atoms with Crippen molar-refractivity contribution in [1.82, 2.24) is 15.4 Å². The maximum Gasteiger partial charge on any atom is 0.138 e. The van der Waals surface area contributed by atoms with Crippen molar-refractivity contribution in [3.63, 3.8) is 0 Å². The van der Waals surface area contributed by atoms with Gasteiger partial charge in [-0.3, -0.25) is 4.90 Å². The van der Waals surface area contributed by atoms with Gasteiger partial charge in [-0.05, 0) is 26.2 Å². The maximum absolute atomic E-state index is 5.31. The first-order chi connectivity index (χ1) is 9.56. The van der Waals surface area contributed by atoms with Gasteiger partial charge in [0, 0.05) is 37.3 Å². The molecular weight excluding hydrogens is 250 g/mol. The topological polar surface area (TPSA) is 41.3 Å². The Labute approximate surface area is 122 Å². The van der Waals surface area contributed by atoms with E-state index in [-0.39, 0.29) is 0 Å². The van der Waals surface area contributed by atoms with Crippen molar-refractivity contribution in [3.05, 3.63) is 17.0 Å². The number of nitrogens with zero attached hydrogens (tertiary/aromatic N) is 2. The summed E-state index contributed by atoms with van der Waals surface area (Å²) in [6.07, 6.45) is 2.41. The number of nitrogens with one attached hydrogen (secondary N) is 1. The molecule has 4 heteroatoms. The van der Waals surface area contributed by atoms with Crippen LogP contribution in [0.4, 0.5) is 0 Å². The second-order valence-electron chi connectivity index (χ2n) is 6.19. The van der Waals surface area contributed by atoms with Crippen LogP contribution in [0.1, 0.15) is 50.6 Å². The van der Waals surface area contributed by atoms with Gasteiger partial charge in [-0.25, -0.2) is 0 Å². The molecule has 4 nitrogen and oxygen atoms in total. The predicted molar refractivity (Wildman–Crippen MR) is 81.7 cm³/mol. The molecule has 2 heterocycles. The van der Waals surface area contributed by atoms with Crippen molar-refractivity contribution in [1.29, 1.82) is 0 Å². The quantitative estimate of drug-likeness (QED) is 0.900. The molecule has 1 aromatic rings. The summed E-state index contributed by atoms with van der Waals surface area (Å²) in [4.78, 5) is 2.61. The average Bonchev–Trinajstić information content (AvgIpc) is 2.78. The van der Waals surface area contributed by atoms with E-state index in [0.717, 1.165) is 37.0 Å². The highest BCUT2D eigenvalue weighted by molar-refractivity contribution is 5.20. The lowest BCUT2D eigenvalue weighted by Crippen LogP contribution is -2.57. The van der Waals surface area contributed by atoms with Gasteiger partial charge in [0.25, 0.3) is 0 Å². The van der Waals surface area contributed by atoms with Crippen LogP contribution in [0.2, 0.25) is 0 Å². The van der Waals surface area contributed by atoms with Crippen molar-refractivity contribution >= 4 is 0 Å². The van der Waals surface area contributed by atoms with Gasteiger partial charge >= 0.3 is 0 Å². The van der Waals surface area contributed by atoms with Gasteiger partial charge in [0.2, 0.25) is 0 Å². The lowest BCUT2D eigenvalue weighted by atomic mass is 9.94. The zero-order valence-electron chi connectivity index (χ0n) is 13.6. The van der Waals surface area contributed by atoms with Gasteiger partial charge in [-0.15, -0.1) is 0 Å². The number of rotatable bonds is 5. The van der Waals surface area contributed by atoms with E-state index in [2.05, 4.69) is 36.1 Å². The highest BCUT2D eigenvalue weighted by Gasteiger charge is 2.30. The minimum atomic E-state index is 0.600. The molecule has 0 bridgehead atoms. The summed E-state index contributed by atoms with van der Waals surface area (Å²) in [5.74, 6) is 1.69. The van der Waals surface area contributed by atoms with Crippen molar-refractivity contribution in [2.75, 3.05) is 13.1 Å². The van der Waals surface area contributed by atoms with Gasteiger partial charge in [0.1, 0.15) is 5.76 Å². The Kier molecular flexibility index (Phi) is 5.22. The molecule has 0 radical (unpaired) electrons. The molecule has 1 aliphatic rings. The van der Waals surface area contributed by atoms with E-state index in [1.54, 1.807) is 0 Å². The van der Waals surface area contributed by atoms with Crippen LogP contribution in [0, 0.1) is 19.8 Å². The normalized spacial score (nSPS) is 25.9. The molecule has 0 saturated carbocycles. The Hall–Kier alpha value is -0.870. The van der Waals surface area contributed by atoms with Crippen molar-refractivity contribution < 1.29 is 4.52 Å². The summed E-state index contributed by atoms with van der Waals surface area (Å²) in [7, 11) is 0. The number of aryl methyl sites for hydroxylation is 2. The summed E-state index contributed by atoms with van der Waals surface area (Å²) in [6, 6.07) is 1.22. The number of hydrogen-bond donors (Lipinski definition) is 1. The number of piperazine rings is 1. The Morgan fingerprint density at radius 2 is 2.15 bits per heavy atom. The average molecular weight is 279 g/mol. The monoisotopic (exact) mass is 279 g/mol. The minimum Gasteiger partial charge on any atom is -0.361 e. The molecule has 1 aliphatic heterocycles. The van der Waals surface area contributed by atoms with Crippen molar-refractivity contribution in [2.45, 2.75) is 66.1 Å². The fraction of sp³-hybridized carbons (Fsp3) is 0.812. The zero-order valence-corrected chi connectivity index (χ0v) is 13.6. The van der Waals surface area contributed by atoms with Crippen LogP contribution in [0.15, 0.2) is 4.52 Å². The van der Waals surface area contributed by atoms with Gasteiger partial charge in [0.15, 0.2) is 0 Å². The van der Waals surface area contributed by atoms with E-state index in [0.29, 0.717) is 12.1 Å². The molecule has 0 spiro atoms. The summed E-state index contributed by atoms with van der Waals surface area (Å²) >= 11 is 0. The Balaban J connectivity index is 2.09. The highest BCUT2D eigenvalue weighted by Crippen LogP contribution is 2.22. The SMILES string of the molecule is CCC(C)C1CN(Cc2c(C)noc2C)C(CC)CN1. The standard InChI is InChI=1S/C16H29N3O/c1-6-11(3)16-10-19(14(7-2)8-17-16)9-15-12(4)18-20-13(15)5/h11,14,16-17H,6-10H2,1-5H3. The van der Waals surface area contributed by atoms with E-state index >= 15 is 0 Å². The maximum atomic E-state index is 5.31. The van der Waals surface area contributed by atoms with Gasteiger partial charge in [-0.1, -0.05) is 32.3 Å². The molecule has 20 heavy (non-hydrogen) atoms. The molecule has 1 aromatic heterocycles. The molecule has 1 N–H and O–H groups in total. The molecule has 1 saturated heterocycles. The molecule has 0 aromatic carbocycles. The summed E-state index contributed by atoms with van der Waals surface area (Å²) < 4.78 is 5.31. The van der Waals surface area contributed by atoms with E-state index in [9.17, 15) is 0 Å². The molecule has 114 valence electrons. The van der Waals surface area contributed by atoms with Crippen LogP contribution in [-0.4, -0.2) is 35.2 Å². The first-order valence-electron chi connectivity index (χ1n) is 7.95. The largest absolute Gasteiger partial charge is 0.361 e. The molecule has 0 amide bonds. The van der Waals surface area contributed by atoms with E-state index in [1.807, 2.05) is 13.8 Å². The summed E-state index contributed by atoms with van der Waals surface area (Å²) in [5, 5.41) is 7.81. The Morgan fingerprint density at radius 3 is 2.70 bits per heavy atom. The van der Waals surface area contributed by atoms with Gasteiger partial charge < -0.3 is 9.84 Å². The number of aromatic nitrogens is 1. The third-order valence-corrected chi connectivity index (χ3v) is 4.91. The molecular formula is C16H29N3O. The van der Waals surface area contributed by atoms with E-state index < -0.39 is 0 Å². The fourth-order valence-electron chi connectivity index (χ4n) is 3.08. The predicted octanol–water partition coefficient (Wildman–Crippen LogP) is 2.89. The third-order valence-electron chi connectivity index (χ3n) is 4.91. The fourth-order valence-corrected chi connectivity index (χ4v) is 3.08. The summed E-state index contributed by atoms with van der Waals surface area (Å²) in [5.41, 5.74) is 2.31. The van der Waals surface area contributed by atoms with Crippen LogP contribution in [0.3, 0.4) is 0 Å². The first-order valence-corrected chi connectivity index (χ1v) is 7.95. The van der Waals surface area contributed by atoms with Crippen LogP contribution in [0.5, 0.6) is 0 Å². The van der Waals surface area contributed by atoms with E-state index in [4.69, 9.17) is 4.52 Å². The third kappa shape index (κ3) is 3.23. The van der Waals surface area contributed by atoms with Crippen molar-refractivity contribution in [2.24, 2.45) is 5.92 Å². The first kappa shape index (κ1) is 15.5. The molecule has 0 aliphatic carbocycles. The van der Waals surface area contributed by atoms with Crippen LogP contribution in [0.25, 0.3) is 0 Å². The second-order valence-corrected chi connectivity index (χ2v) is 6.19. The lowest BCUT2D eigenvalue weighted by molar-refractivity contribution is 0.0987. The molecule has 1 fully saturated rings. The van der Waals surface area contributed by atoms with Crippen LogP contribution >= 0.6 is 0 Å². The lowest BCUT2D eigenvalue weighted by Gasteiger charge is -2.42. The van der Waals surface area contributed by atoms with Crippen LogP contribution < -0.4 is 5.32 Å². The zero-order chi connectivity index (χ0) is 14.7. The smallest absolute Gasteiger partial charge is 0.138 e.